The third kappa shape index (κ3) is 1.67. The van der Waals surface area contributed by atoms with Gasteiger partial charge in [-0.25, -0.2) is 0 Å². The molecule has 1 aromatic rings. The maximum atomic E-state index is 6.34. The van der Waals surface area contributed by atoms with Crippen LogP contribution in [0.4, 0.5) is 0 Å². The number of rotatable bonds is 3. The lowest BCUT2D eigenvalue weighted by Crippen LogP contribution is -2.04. The van der Waals surface area contributed by atoms with Crippen molar-refractivity contribution in [1.29, 1.82) is 0 Å². The number of alkyl halides is 1. The molecule has 0 aromatic carbocycles. The summed E-state index contributed by atoms with van der Waals surface area (Å²) in [6.45, 7) is 2.27. The Labute approximate surface area is 82.6 Å². The average molecular weight is 201 g/mol. The molecule has 1 saturated carbocycles. The number of halogens is 1. The summed E-state index contributed by atoms with van der Waals surface area (Å²) >= 11 is 8.12. The third-order valence-electron chi connectivity index (χ3n) is 2.64. The van der Waals surface area contributed by atoms with Crippen molar-refractivity contribution in [2.24, 2.45) is 11.8 Å². The highest BCUT2D eigenvalue weighted by molar-refractivity contribution is 7.10. The molecule has 1 aromatic heterocycles. The van der Waals surface area contributed by atoms with Gasteiger partial charge in [0.2, 0.25) is 0 Å². The molecular formula is C10H13ClS. The molecule has 0 aliphatic heterocycles. The Balaban J connectivity index is 2.03. The highest BCUT2D eigenvalue weighted by Crippen LogP contribution is 2.46. The molecule has 0 spiro atoms. The molecule has 0 bridgehead atoms. The minimum absolute atomic E-state index is 0.248. The van der Waals surface area contributed by atoms with Gasteiger partial charge in [0, 0.05) is 4.88 Å². The largest absolute Gasteiger partial charge is 0.147 e. The van der Waals surface area contributed by atoms with Gasteiger partial charge in [0.1, 0.15) is 0 Å². The molecule has 2 rings (SSSR count). The molecule has 2 atom stereocenters. The zero-order valence-electron chi connectivity index (χ0n) is 7.16. The number of hydrogen-bond donors (Lipinski definition) is 0. The van der Waals surface area contributed by atoms with Crippen molar-refractivity contribution >= 4 is 22.9 Å². The first-order valence-corrected chi connectivity index (χ1v) is 5.78. The van der Waals surface area contributed by atoms with E-state index in [4.69, 9.17) is 11.6 Å². The lowest BCUT2D eigenvalue weighted by Gasteiger charge is -2.15. The summed E-state index contributed by atoms with van der Waals surface area (Å²) in [4.78, 5) is 1.33. The third-order valence-corrected chi connectivity index (χ3v) is 4.36. The Morgan fingerprint density at radius 1 is 1.58 bits per heavy atom. The zero-order chi connectivity index (χ0) is 8.55. The zero-order valence-corrected chi connectivity index (χ0v) is 8.74. The first-order chi connectivity index (χ1) is 5.79. The van der Waals surface area contributed by atoms with E-state index in [0.717, 1.165) is 5.92 Å². The van der Waals surface area contributed by atoms with Crippen LogP contribution in [0.25, 0.3) is 0 Å². The normalized spacial score (nSPS) is 22.2. The van der Waals surface area contributed by atoms with E-state index in [1.165, 1.54) is 17.7 Å². The van der Waals surface area contributed by atoms with Crippen LogP contribution in [0.3, 0.4) is 0 Å². The lowest BCUT2D eigenvalue weighted by atomic mass is 10.0. The summed E-state index contributed by atoms with van der Waals surface area (Å²) in [7, 11) is 0. The molecule has 1 heterocycles. The highest BCUT2D eigenvalue weighted by Gasteiger charge is 2.33. The molecule has 0 amide bonds. The summed E-state index contributed by atoms with van der Waals surface area (Å²) in [6, 6.07) is 4.22. The molecule has 1 fully saturated rings. The Hall–Kier alpha value is -0.0100. The first-order valence-electron chi connectivity index (χ1n) is 4.46. The van der Waals surface area contributed by atoms with E-state index in [-0.39, 0.29) is 5.38 Å². The van der Waals surface area contributed by atoms with Crippen LogP contribution in [0.15, 0.2) is 17.5 Å². The van der Waals surface area contributed by atoms with Crippen molar-refractivity contribution in [1.82, 2.24) is 0 Å². The number of thiophene rings is 1. The van der Waals surface area contributed by atoms with Gasteiger partial charge >= 0.3 is 0 Å². The standard InChI is InChI=1S/C10H13ClS/c1-7(8-4-5-8)10(11)9-3-2-6-12-9/h2-3,6-8,10H,4-5H2,1H3. The predicted molar refractivity (Wildman–Crippen MR) is 54.8 cm³/mol. The Morgan fingerprint density at radius 3 is 2.83 bits per heavy atom. The van der Waals surface area contributed by atoms with Crippen LogP contribution < -0.4 is 0 Å². The van der Waals surface area contributed by atoms with Crippen molar-refractivity contribution in [3.05, 3.63) is 22.4 Å². The monoisotopic (exact) mass is 200 g/mol. The molecule has 0 nitrogen and oxygen atoms in total. The molecule has 1 aliphatic carbocycles. The fraction of sp³-hybridized carbons (Fsp3) is 0.600. The second-order valence-electron chi connectivity index (χ2n) is 3.61. The molecule has 0 N–H and O–H groups in total. The van der Waals surface area contributed by atoms with Gasteiger partial charge < -0.3 is 0 Å². The average Bonchev–Trinajstić information content (AvgIpc) is 2.79. The van der Waals surface area contributed by atoms with E-state index in [1.54, 1.807) is 11.3 Å². The lowest BCUT2D eigenvalue weighted by molar-refractivity contribution is 0.495. The van der Waals surface area contributed by atoms with Crippen LogP contribution in [0, 0.1) is 11.8 Å². The van der Waals surface area contributed by atoms with Gasteiger partial charge in [0.15, 0.2) is 0 Å². The van der Waals surface area contributed by atoms with E-state index in [1.807, 2.05) is 0 Å². The molecule has 0 saturated heterocycles. The van der Waals surface area contributed by atoms with E-state index >= 15 is 0 Å². The van der Waals surface area contributed by atoms with Crippen LogP contribution in [0.2, 0.25) is 0 Å². The van der Waals surface area contributed by atoms with Crippen molar-refractivity contribution in [3.8, 4) is 0 Å². The van der Waals surface area contributed by atoms with Gasteiger partial charge in [-0.1, -0.05) is 13.0 Å². The molecule has 1 aliphatic rings. The Kier molecular flexibility index (Phi) is 2.42. The molecular weight excluding hydrogens is 188 g/mol. The van der Waals surface area contributed by atoms with E-state index < -0.39 is 0 Å². The van der Waals surface area contributed by atoms with Gasteiger partial charge in [0.25, 0.3) is 0 Å². The van der Waals surface area contributed by atoms with Gasteiger partial charge in [-0.05, 0) is 36.1 Å². The van der Waals surface area contributed by atoms with Gasteiger partial charge in [-0.15, -0.1) is 22.9 Å². The smallest absolute Gasteiger partial charge is 0.0706 e. The topological polar surface area (TPSA) is 0 Å². The minimum Gasteiger partial charge on any atom is -0.147 e. The highest BCUT2D eigenvalue weighted by atomic mass is 35.5. The van der Waals surface area contributed by atoms with Crippen molar-refractivity contribution in [2.45, 2.75) is 25.1 Å². The van der Waals surface area contributed by atoms with Gasteiger partial charge in [-0.3, -0.25) is 0 Å². The first kappa shape index (κ1) is 8.58. The molecule has 2 unspecified atom stereocenters. The Bertz CT molecular complexity index is 238. The molecule has 0 radical (unpaired) electrons. The summed E-state index contributed by atoms with van der Waals surface area (Å²) in [5.74, 6) is 1.56. The number of hydrogen-bond acceptors (Lipinski definition) is 1. The second-order valence-corrected chi connectivity index (χ2v) is 5.06. The SMILES string of the molecule is CC(C1CC1)C(Cl)c1cccs1. The minimum atomic E-state index is 0.248. The van der Waals surface area contributed by atoms with Crippen LogP contribution >= 0.6 is 22.9 Å². The second kappa shape index (κ2) is 3.39. The van der Waals surface area contributed by atoms with Gasteiger partial charge in [-0.2, -0.15) is 0 Å². The summed E-state index contributed by atoms with van der Waals surface area (Å²) in [6.07, 6.45) is 2.77. The maximum Gasteiger partial charge on any atom is 0.0706 e. The molecule has 12 heavy (non-hydrogen) atoms. The Morgan fingerprint density at radius 2 is 2.33 bits per heavy atom. The predicted octanol–water partition coefficient (Wildman–Crippen LogP) is 4.07. The van der Waals surface area contributed by atoms with E-state index in [2.05, 4.69) is 24.4 Å². The van der Waals surface area contributed by atoms with Crippen LogP contribution in [-0.4, -0.2) is 0 Å². The van der Waals surface area contributed by atoms with Crippen LogP contribution in [0.1, 0.15) is 30.0 Å². The quantitative estimate of drug-likeness (QED) is 0.646. The van der Waals surface area contributed by atoms with Crippen LogP contribution in [0.5, 0.6) is 0 Å². The summed E-state index contributed by atoms with van der Waals surface area (Å²) in [5, 5.41) is 2.35. The van der Waals surface area contributed by atoms with E-state index in [9.17, 15) is 0 Å². The fourth-order valence-corrected chi connectivity index (χ4v) is 2.82. The van der Waals surface area contributed by atoms with Crippen molar-refractivity contribution < 1.29 is 0 Å². The van der Waals surface area contributed by atoms with E-state index in [0.29, 0.717) is 5.92 Å². The molecule has 2 heteroatoms. The fourth-order valence-electron chi connectivity index (χ4n) is 1.57. The molecule has 66 valence electrons. The summed E-state index contributed by atoms with van der Waals surface area (Å²) < 4.78 is 0. The van der Waals surface area contributed by atoms with Gasteiger partial charge in [0.05, 0.1) is 5.38 Å². The van der Waals surface area contributed by atoms with Crippen LogP contribution in [-0.2, 0) is 0 Å². The van der Waals surface area contributed by atoms with Crippen molar-refractivity contribution in [3.63, 3.8) is 0 Å². The maximum absolute atomic E-state index is 6.34. The van der Waals surface area contributed by atoms with Crippen molar-refractivity contribution in [2.75, 3.05) is 0 Å². The summed E-state index contributed by atoms with van der Waals surface area (Å²) in [5.41, 5.74) is 0.